The zero-order valence-electron chi connectivity index (χ0n) is 13.3. The second-order valence-corrected chi connectivity index (χ2v) is 6.17. The van der Waals surface area contributed by atoms with Gasteiger partial charge in [0.1, 0.15) is 18.5 Å². The van der Waals surface area contributed by atoms with Crippen LogP contribution in [0.5, 0.6) is 5.75 Å². The van der Waals surface area contributed by atoms with E-state index in [1.54, 1.807) is 0 Å². The molecule has 1 aliphatic heterocycles. The molecule has 1 aromatic rings. The Hall–Kier alpha value is -0.770. The first-order chi connectivity index (χ1) is 9.56. The Bertz CT molecular complexity index is 411. The number of rotatable bonds is 5. The van der Waals surface area contributed by atoms with Gasteiger partial charge in [-0.25, -0.2) is 0 Å². The normalized spacial score (nSPS) is 18.1. The lowest BCUT2D eigenvalue weighted by Gasteiger charge is -2.31. The summed E-state index contributed by atoms with van der Waals surface area (Å²) in [6, 6.07) is 6.12. The zero-order chi connectivity index (χ0) is 14.5. The van der Waals surface area contributed by atoms with Crippen LogP contribution in [0.25, 0.3) is 0 Å². The molecule has 1 N–H and O–H groups in total. The van der Waals surface area contributed by atoms with Crippen LogP contribution in [0.4, 0.5) is 0 Å². The molecule has 0 aliphatic carbocycles. The van der Waals surface area contributed by atoms with Crippen molar-refractivity contribution < 1.29 is 22.3 Å². The fourth-order valence-corrected chi connectivity index (χ4v) is 2.80. The summed E-state index contributed by atoms with van der Waals surface area (Å²) in [5.41, 5.74) is 2.26. The maximum atomic E-state index is 10.1. The van der Waals surface area contributed by atoms with E-state index >= 15 is 0 Å². The standard InChI is InChI=1S/C17H27NO2.ClH/c1-13-7-9-18(10-8-13)11-16(19)12-20-17-14(2)5-4-6-15(17)3;/h4-6,13,16,19H,7-12H2,1-3H3;1H/p-1. The number of hydrogen-bond donors (Lipinski definition) is 1. The number of aryl methyl sites for hydroxylation is 2. The maximum Gasteiger partial charge on any atom is 0.125 e. The minimum absolute atomic E-state index is 0. The molecule has 0 aromatic heterocycles. The molecule has 21 heavy (non-hydrogen) atoms. The van der Waals surface area contributed by atoms with E-state index in [0.29, 0.717) is 6.61 Å². The first-order valence-corrected chi connectivity index (χ1v) is 7.65. The van der Waals surface area contributed by atoms with Crippen LogP contribution in [0.2, 0.25) is 0 Å². The van der Waals surface area contributed by atoms with Crippen LogP contribution < -0.4 is 17.1 Å². The Morgan fingerprint density at radius 2 is 1.81 bits per heavy atom. The highest BCUT2D eigenvalue weighted by Crippen LogP contribution is 2.22. The zero-order valence-corrected chi connectivity index (χ0v) is 14.1. The van der Waals surface area contributed by atoms with E-state index in [0.717, 1.165) is 42.4 Å². The van der Waals surface area contributed by atoms with E-state index in [1.165, 1.54) is 12.8 Å². The van der Waals surface area contributed by atoms with Crippen molar-refractivity contribution >= 4 is 0 Å². The lowest BCUT2D eigenvalue weighted by molar-refractivity contribution is -0.00000666. The molecule has 1 saturated heterocycles. The van der Waals surface area contributed by atoms with Crippen LogP contribution in [-0.4, -0.2) is 42.4 Å². The van der Waals surface area contributed by atoms with Gasteiger partial charge in [0.25, 0.3) is 0 Å². The Morgan fingerprint density at radius 1 is 1.24 bits per heavy atom. The molecule has 2 rings (SSSR count). The number of piperidine rings is 1. The summed E-state index contributed by atoms with van der Waals surface area (Å²) in [5, 5.41) is 10.1. The van der Waals surface area contributed by atoms with Crippen molar-refractivity contribution in [1.82, 2.24) is 4.90 Å². The van der Waals surface area contributed by atoms with Crippen LogP contribution in [0.1, 0.15) is 30.9 Å². The van der Waals surface area contributed by atoms with Gasteiger partial charge in [0.2, 0.25) is 0 Å². The Morgan fingerprint density at radius 3 is 2.38 bits per heavy atom. The molecule has 3 nitrogen and oxygen atoms in total. The fourth-order valence-electron chi connectivity index (χ4n) is 2.80. The molecular formula is C17H27ClNO2-. The molecule has 1 unspecified atom stereocenters. The largest absolute Gasteiger partial charge is 1.00 e. The number of hydrogen-bond acceptors (Lipinski definition) is 3. The van der Waals surface area contributed by atoms with E-state index in [2.05, 4.69) is 11.8 Å². The average Bonchev–Trinajstić information content (AvgIpc) is 2.41. The van der Waals surface area contributed by atoms with Gasteiger partial charge in [0.05, 0.1) is 0 Å². The van der Waals surface area contributed by atoms with Crippen molar-refractivity contribution in [2.45, 2.75) is 39.7 Å². The van der Waals surface area contributed by atoms with Crippen molar-refractivity contribution in [3.63, 3.8) is 0 Å². The van der Waals surface area contributed by atoms with Crippen molar-refractivity contribution in [2.24, 2.45) is 5.92 Å². The number of halogens is 1. The number of benzene rings is 1. The third-order valence-corrected chi connectivity index (χ3v) is 4.17. The minimum Gasteiger partial charge on any atom is -1.00 e. The first kappa shape index (κ1) is 18.3. The van der Waals surface area contributed by atoms with Crippen LogP contribution in [0, 0.1) is 19.8 Å². The molecule has 4 heteroatoms. The summed E-state index contributed by atoms with van der Waals surface area (Å²) in [6.45, 7) is 9.68. The number of nitrogens with zero attached hydrogens (tertiary/aromatic N) is 1. The number of para-hydroxylation sites is 1. The van der Waals surface area contributed by atoms with E-state index in [1.807, 2.05) is 32.0 Å². The van der Waals surface area contributed by atoms with Crippen molar-refractivity contribution in [3.05, 3.63) is 29.3 Å². The number of aliphatic hydroxyl groups is 1. The molecule has 1 aliphatic rings. The molecule has 1 atom stereocenters. The number of β-amino-alcohol motifs (C(OH)–C–C–N with tert-alkyl or cyclic N) is 1. The molecule has 1 heterocycles. The highest BCUT2D eigenvalue weighted by molar-refractivity contribution is 5.39. The Balaban J connectivity index is 0.00000220. The molecule has 0 amide bonds. The van der Waals surface area contributed by atoms with E-state index in [-0.39, 0.29) is 12.4 Å². The lowest BCUT2D eigenvalue weighted by atomic mass is 9.99. The number of aliphatic hydroxyl groups excluding tert-OH is 1. The highest BCUT2D eigenvalue weighted by Gasteiger charge is 2.18. The smallest absolute Gasteiger partial charge is 0.125 e. The van der Waals surface area contributed by atoms with Crippen LogP contribution >= 0.6 is 0 Å². The quantitative estimate of drug-likeness (QED) is 0.816. The van der Waals surface area contributed by atoms with Gasteiger partial charge in [-0.05, 0) is 56.8 Å². The van der Waals surface area contributed by atoms with E-state index in [4.69, 9.17) is 4.74 Å². The van der Waals surface area contributed by atoms with Gasteiger partial charge in [0, 0.05) is 6.54 Å². The topological polar surface area (TPSA) is 32.7 Å². The second kappa shape index (κ2) is 8.62. The van der Waals surface area contributed by atoms with Crippen LogP contribution in [0.15, 0.2) is 18.2 Å². The molecule has 0 spiro atoms. The average molecular weight is 313 g/mol. The molecule has 0 saturated carbocycles. The third-order valence-electron chi connectivity index (χ3n) is 4.17. The van der Waals surface area contributed by atoms with Gasteiger partial charge in [-0.1, -0.05) is 25.1 Å². The molecule has 0 bridgehead atoms. The fraction of sp³-hybridized carbons (Fsp3) is 0.647. The number of ether oxygens (including phenoxy) is 1. The summed E-state index contributed by atoms with van der Waals surface area (Å²) in [5.74, 6) is 1.74. The number of likely N-dealkylation sites (tertiary alicyclic amines) is 1. The minimum atomic E-state index is -0.414. The van der Waals surface area contributed by atoms with Crippen LogP contribution in [0.3, 0.4) is 0 Å². The van der Waals surface area contributed by atoms with E-state index in [9.17, 15) is 5.11 Å². The molecule has 0 radical (unpaired) electrons. The SMILES string of the molecule is Cc1cccc(C)c1OCC(O)CN1CCC(C)CC1.[Cl-]. The Labute approximate surface area is 134 Å². The molecule has 1 aromatic carbocycles. The summed E-state index contributed by atoms with van der Waals surface area (Å²) in [7, 11) is 0. The summed E-state index contributed by atoms with van der Waals surface area (Å²) < 4.78 is 5.82. The second-order valence-electron chi connectivity index (χ2n) is 6.17. The first-order valence-electron chi connectivity index (χ1n) is 7.65. The summed E-state index contributed by atoms with van der Waals surface area (Å²) in [4.78, 5) is 2.35. The van der Waals surface area contributed by atoms with Gasteiger partial charge in [-0.3, -0.25) is 0 Å². The predicted molar refractivity (Wildman–Crippen MR) is 82.3 cm³/mol. The highest BCUT2D eigenvalue weighted by atomic mass is 35.5. The molecular weight excluding hydrogens is 286 g/mol. The molecule has 1 fully saturated rings. The summed E-state index contributed by atoms with van der Waals surface area (Å²) in [6.07, 6.45) is 2.07. The van der Waals surface area contributed by atoms with Crippen molar-refractivity contribution in [2.75, 3.05) is 26.2 Å². The Kier molecular flexibility index (Phi) is 7.50. The van der Waals surface area contributed by atoms with Gasteiger partial charge < -0.3 is 27.2 Å². The van der Waals surface area contributed by atoms with Crippen LogP contribution in [-0.2, 0) is 0 Å². The molecule has 120 valence electrons. The third kappa shape index (κ3) is 5.50. The van der Waals surface area contributed by atoms with Gasteiger partial charge >= 0.3 is 0 Å². The van der Waals surface area contributed by atoms with Gasteiger partial charge in [-0.15, -0.1) is 0 Å². The summed E-state index contributed by atoms with van der Waals surface area (Å²) >= 11 is 0. The van der Waals surface area contributed by atoms with Gasteiger partial charge in [0.15, 0.2) is 0 Å². The lowest BCUT2D eigenvalue weighted by Crippen LogP contribution is -3.00. The predicted octanol–water partition coefficient (Wildman–Crippen LogP) is -0.221. The monoisotopic (exact) mass is 312 g/mol. The van der Waals surface area contributed by atoms with Crippen molar-refractivity contribution in [3.8, 4) is 5.75 Å². The van der Waals surface area contributed by atoms with Crippen molar-refractivity contribution in [1.29, 1.82) is 0 Å². The maximum absolute atomic E-state index is 10.1. The van der Waals surface area contributed by atoms with E-state index < -0.39 is 6.10 Å². The van der Waals surface area contributed by atoms with Gasteiger partial charge in [-0.2, -0.15) is 0 Å².